The molecule has 0 unspecified atom stereocenters. The van der Waals surface area contributed by atoms with Gasteiger partial charge in [0.05, 0.1) is 0 Å². The van der Waals surface area contributed by atoms with Gasteiger partial charge in [-0.05, 0) is 50.3 Å². The Morgan fingerprint density at radius 2 is 1.72 bits per heavy atom. The average Bonchev–Trinajstić information content (AvgIpc) is 2.46. The summed E-state index contributed by atoms with van der Waals surface area (Å²) >= 11 is 0. The van der Waals surface area contributed by atoms with Crippen LogP contribution < -0.4 is 5.32 Å². The molecule has 1 aromatic rings. The molecule has 0 amide bonds. The Bertz CT molecular complexity index is 431. The molecule has 3 heteroatoms. The van der Waals surface area contributed by atoms with E-state index in [0.717, 1.165) is 11.1 Å². The first-order chi connectivity index (χ1) is 8.78. The largest absolute Gasteiger partial charge is 0.317 e. The number of benzene rings is 1. The maximum Gasteiger partial charge on any atom is 0.0256 e. The molecule has 0 bridgehead atoms. The number of rotatable bonds is 4. The Kier molecular flexibility index (Phi) is 4.26. The van der Waals surface area contributed by atoms with Crippen LogP contribution in [-0.2, 0) is 0 Å². The second kappa shape index (κ2) is 5.91. The summed E-state index contributed by atoms with van der Waals surface area (Å²) in [6.45, 7) is 0. The summed E-state index contributed by atoms with van der Waals surface area (Å²) in [5.74, 6) is 0.619. The molecule has 0 atom stereocenters. The molecule has 3 nitrogen and oxygen atoms in total. The molecule has 96 valence electrons. The summed E-state index contributed by atoms with van der Waals surface area (Å²) in [7, 11) is 2.04. The quantitative estimate of drug-likeness (QED) is 0.700. The first-order valence-corrected chi connectivity index (χ1v) is 6.60. The van der Waals surface area contributed by atoms with Gasteiger partial charge in [-0.15, -0.1) is 0 Å². The van der Waals surface area contributed by atoms with E-state index >= 15 is 0 Å². The van der Waals surface area contributed by atoms with Gasteiger partial charge in [0.25, 0.3) is 0 Å². The number of nitrogens with one attached hydrogen (secondary N) is 3. The van der Waals surface area contributed by atoms with E-state index in [-0.39, 0.29) is 0 Å². The molecule has 0 aromatic heterocycles. The standard InChI is InChI=1S/C15H21N3/c1-18-15-6-4-11(5-7-15)12-2-3-13(9-16)14(8-12)10-17/h2-3,8-11,15-18H,4-7H2,1H3. The van der Waals surface area contributed by atoms with Crippen LogP contribution in [0.25, 0.3) is 0 Å². The monoisotopic (exact) mass is 243 g/mol. The van der Waals surface area contributed by atoms with Crippen molar-refractivity contribution in [3.63, 3.8) is 0 Å². The topological polar surface area (TPSA) is 59.7 Å². The van der Waals surface area contributed by atoms with Gasteiger partial charge in [0.2, 0.25) is 0 Å². The summed E-state index contributed by atoms with van der Waals surface area (Å²) in [5, 5.41) is 18.1. The fourth-order valence-electron chi connectivity index (χ4n) is 2.82. The van der Waals surface area contributed by atoms with Crippen molar-refractivity contribution in [2.24, 2.45) is 0 Å². The van der Waals surface area contributed by atoms with Crippen molar-refractivity contribution in [3.8, 4) is 0 Å². The van der Waals surface area contributed by atoms with Crippen molar-refractivity contribution in [1.82, 2.24) is 5.32 Å². The molecule has 0 heterocycles. The van der Waals surface area contributed by atoms with E-state index in [9.17, 15) is 0 Å². The van der Waals surface area contributed by atoms with Gasteiger partial charge in [0.15, 0.2) is 0 Å². The van der Waals surface area contributed by atoms with Crippen LogP contribution in [0.5, 0.6) is 0 Å². The highest BCUT2D eigenvalue weighted by atomic mass is 14.9. The Labute approximate surface area is 109 Å². The van der Waals surface area contributed by atoms with E-state index in [2.05, 4.69) is 17.4 Å². The Morgan fingerprint density at radius 3 is 2.28 bits per heavy atom. The minimum absolute atomic E-state index is 0.619. The average molecular weight is 243 g/mol. The third-order valence-electron chi connectivity index (χ3n) is 4.03. The highest BCUT2D eigenvalue weighted by Crippen LogP contribution is 2.33. The van der Waals surface area contributed by atoms with Crippen molar-refractivity contribution in [1.29, 1.82) is 10.8 Å². The van der Waals surface area contributed by atoms with Crippen molar-refractivity contribution >= 4 is 12.4 Å². The Morgan fingerprint density at radius 1 is 1.06 bits per heavy atom. The molecule has 1 fully saturated rings. The van der Waals surface area contributed by atoms with Gasteiger partial charge in [0.1, 0.15) is 0 Å². The van der Waals surface area contributed by atoms with Crippen LogP contribution in [0, 0.1) is 10.8 Å². The summed E-state index contributed by atoms with van der Waals surface area (Å²) in [5.41, 5.74) is 3.02. The van der Waals surface area contributed by atoms with Crippen LogP contribution in [0.3, 0.4) is 0 Å². The second-order valence-corrected chi connectivity index (χ2v) is 5.01. The normalized spacial score (nSPS) is 23.6. The smallest absolute Gasteiger partial charge is 0.0256 e. The van der Waals surface area contributed by atoms with Gasteiger partial charge in [-0.2, -0.15) is 0 Å². The molecule has 1 saturated carbocycles. The third kappa shape index (κ3) is 2.67. The maximum absolute atomic E-state index is 7.42. The van der Waals surface area contributed by atoms with Gasteiger partial charge in [0, 0.05) is 29.6 Å². The molecule has 1 aliphatic carbocycles. The highest BCUT2D eigenvalue weighted by Gasteiger charge is 2.21. The predicted octanol–water partition coefficient (Wildman–Crippen LogP) is 2.93. The van der Waals surface area contributed by atoms with E-state index in [1.807, 2.05) is 13.1 Å². The lowest BCUT2D eigenvalue weighted by Crippen LogP contribution is -2.29. The van der Waals surface area contributed by atoms with Crippen LogP contribution in [0.4, 0.5) is 0 Å². The zero-order valence-corrected chi connectivity index (χ0v) is 10.9. The van der Waals surface area contributed by atoms with E-state index in [4.69, 9.17) is 10.8 Å². The zero-order chi connectivity index (χ0) is 13.0. The lowest BCUT2D eigenvalue weighted by molar-refractivity contribution is 0.359. The van der Waals surface area contributed by atoms with E-state index in [1.165, 1.54) is 43.7 Å². The van der Waals surface area contributed by atoms with Crippen LogP contribution in [0.1, 0.15) is 48.3 Å². The van der Waals surface area contributed by atoms with Crippen molar-refractivity contribution in [2.75, 3.05) is 7.05 Å². The third-order valence-corrected chi connectivity index (χ3v) is 4.03. The zero-order valence-electron chi connectivity index (χ0n) is 10.9. The molecule has 1 aliphatic rings. The molecule has 0 saturated heterocycles. The van der Waals surface area contributed by atoms with E-state index in [0.29, 0.717) is 12.0 Å². The summed E-state index contributed by atoms with van der Waals surface area (Å²) < 4.78 is 0. The first-order valence-electron chi connectivity index (χ1n) is 6.60. The highest BCUT2D eigenvalue weighted by molar-refractivity contribution is 5.92. The Balaban J connectivity index is 2.14. The molecule has 0 spiro atoms. The summed E-state index contributed by atoms with van der Waals surface area (Å²) in [6.07, 6.45) is 7.56. The van der Waals surface area contributed by atoms with Crippen LogP contribution in [0.15, 0.2) is 18.2 Å². The molecule has 2 rings (SSSR count). The molecule has 3 N–H and O–H groups in total. The van der Waals surface area contributed by atoms with Gasteiger partial charge in [-0.1, -0.05) is 12.1 Å². The van der Waals surface area contributed by atoms with Gasteiger partial charge in [-0.25, -0.2) is 0 Å². The van der Waals surface area contributed by atoms with E-state index < -0.39 is 0 Å². The van der Waals surface area contributed by atoms with Gasteiger partial charge in [-0.3, -0.25) is 0 Å². The SMILES string of the molecule is CNC1CCC(c2ccc(C=N)c(C=N)c2)CC1. The fourth-order valence-corrected chi connectivity index (χ4v) is 2.82. The van der Waals surface area contributed by atoms with E-state index in [1.54, 1.807) is 0 Å². The maximum atomic E-state index is 7.42. The second-order valence-electron chi connectivity index (χ2n) is 5.01. The minimum atomic E-state index is 0.619. The molecule has 1 aromatic carbocycles. The van der Waals surface area contributed by atoms with Crippen LogP contribution in [0.2, 0.25) is 0 Å². The van der Waals surface area contributed by atoms with Gasteiger partial charge < -0.3 is 16.1 Å². The number of hydrogen-bond acceptors (Lipinski definition) is 3. The fraction of sp³-hybridized carbons (Fsp3) is 0.467. The lowest BCUT2D eigenvalue weighted by atomic mass is 9.81. The molecule has 0 radical (unpaired) electrons. The van der Waals surface area contributed by atoms with Gasteiger partial charge >= 0.3 is 0 Å². The van der Waals surface area contributed by atoms with Crippen LogP contribution >= 0.6 is 0 Å². The Hall–Kier alpha value is -1.48. The summed E-state index contributed by atoms with van der Waals surface area (Å²) in [6, 6.07) is 6.84. The lowest BCUT2D eigenvalue weighted by Gasteiger charge is -2.28. The molecule has 18 heavy (non-hydrogen) atoms. The molecule has 0 aliphatic heterocycles. The first kappa shape index (κ1) is 13.0. The van der Waals surface area contributed by atoms with Crippen molar-refractivity contribution < 1.29 is 0 Å². The molecular formula is C15H21N3. The van der Waals surface area contributed by atoms with Crippen molar-refractivity contribution in [3.05, 3.63) is 34.9 Å². The van der Waals surface area contributed by atoms with Crippen LogP contribution in [-0.4, -0.2) is 25.5 Å². The predicted molar refractivity (Wildman–Crippen MR) is 76.3 cm³/mol. The number of hydrogen-bond donors (Lipinski definition) is 3. The molecular weight excluding hydrogens is 222 g/mol. The summed E-state index contributed by atoms with van der Waals surface area (Å²) in [4.78, 5) is 0. The minimum Gasteiger partial charge on any atom is -0.317 e. The van der Waals surface area contributed by atoms with Crippen molar-refractivity contribution in [2.45, 2.75) is 37.6 Å².